The molecule has 3 nitrogen and oxygen atoms in total. The lowest BCUT2D eigenvalue weighted by Gasteiger charge is -2.36. The standard InChI is InChI=1S/C17H24ClNO2/c1-16(2,3)14-6-4-13(5-7-14)15(20)19-17(12-18)8-10-21-11-9-17/h4-7H,8-12H2,1-3H3,(H,19,20). The van der Waals surface area contributed by atoms with Crippen molar-refractivity contribution in [3.63, 3.8) is 0 Å². The van der Waals surface area contributed by atoms with Crippen molar-refractivity contribution in [1.29, 1.82) is 0 Å². The third kappa shape index (κ3) is 3.98. The fraction of sp³-hybridized carbons (Fsp3) is 0.588. The van der Waals surface area contributed by atoms with E-state index in [0.717, 1.165) is 12.8 Å². The van der Waals surface area contributed by atoms with Gasteiger partial charge in [0.15, 0.2) is 0 Å². The van der Waals surface area contributed by atoms with Crippen molar-refractivity contribution in [1.82, 2.24) is 5.32 Å². The molecule has 1 aliphatic heterocycles. The van der Waals surface area contributed by atoms with Gasteiger partial charge >= 0.3 is 0 Å². The summed E-state index contributed by atoms with van der Waals surface area (Å²) >= 11 is 6.08. The van der Waals surface area contributed by atoms with Crippen molar-refractivity contribution in [2.75, 3.05) is 19.1 Å². The van der Waals surface area contributed by atoms with Gasteiger partial charge in [-0.1, -0.05) is 32.9 Å². The molecule has 0 spiro atoms. The fourth-order valence-corrected chi connectivity index (χ4v) is 2.82. The maximum Gasteiger partial charge on any atom is 0.251 e. The Bertz CT molecular complexity index is 485. The van der Waals surface area contributed by atoms with E-state index in [2.05, 4.69) is 26.1 Å². The first kappa shape index (κ1) is 16.3. The van der Waals surface area contributed by atoms with E-state index in [-0.39, 0.29) is 16.9 Å². The highest BCUT2D eigenvalue weighted by molar-refractivity contribution is 6.19. The summed E-state index contributed by atoms with van der Waals surface area (Å²) < 4.78 is 5.36. The van der Waals surface area contributed by atoms with Gasteiger partial charge in [-0.15, -0.1) is 11.6 Å². The number of benzene rings is 1. The minimum absolute atomic E-state index is 0.0574. The summed E-state index contributed by atoms with van der Waals surface area (Å²) in [4.78, 5) is 12.4. The molecule has 2 rings (SSSR count). The molecule has 0 radical (unpaired) electrons. The first-order valence-electron chi connectivity index (χ1n) is 7.43. The zero-order chi connectivity index (χ0) is 15.5. The highest BCUT2D eigenvalue weighted by Gasteiger charge is 2.33. The van der Waals surface area contributed by atoms with Gasteiger partial charge in [-0.05, 0) is 36.0 Å². The van der Waals surface area contributed by atoms with Gasteiger partial charge in [0, 0.05) is 24.7 Å². The average Bonchev–Trinajstić information content (AvgIpc) is 2.47. The van der Waals surface area contributed by atoms with E-state index in [1.165, 1.54) is 5.56 Å². The molecule has 0 atom stereocenters. The second-order valence-corrected chi connectivity index (χ2v) is 7.08. The SMILES string of the molecule is CC(C)(C)c1ccc(C(=O)NC2(CCl)CCOCC2)cc1. The van der Waals surface area contributed by atoms with Crippen LogP contribution in [0.4, 0.5) is 0 Å². The monoisotopic (exact) mass is 309 g/mol. The molecule has 1 heterocycles. The predicted octanol–water partition coefficient (Wildman–Crippen LogP) is 3.50. The zero-order valence-corrected chi connectivity index (χ0v) is 13.8. The van der Waals surface area contributed by atoms with Crippen LogP contribution in [0.15, 0.2) is 24.3 Å². The van der Waals surface area contributed by atoms with E-state index in [0.29, 0.717) is 24.7 Å². The molecule has 4 heteroatoms. The van der Waals surface area contributed by atoms with E-state index in [1.54, 1.807) is 0 Å². The summed E-state index contributed by atoms with van der Waals surface area (Å²) in [6, 6.07) is 7.81. The number of nitrogens with one attached hydrogen (secondary N) is 1. The Morgan fingerprint density at radius 2 is 1.81 bits per heavy atom. The minimum Gasteiger partial charge on any atom is -0.381 e. The number of carbonyl (C=O) groups excluding carboxylic acids is 1. The molecule has 21 heavy (non-hydrogen) atoms. The Morgan fingerprint density at radius 3 is 2.29 bits per heavy atom. The zero-order valence-electron chi connectivity index (χ0n) is 13.0. The van der Waals surface area contributed by atoms with Crippen LogP contribution in [0.2, 0.25) is 0 Å². The van der Waals surface area contributed by atoms with Crippen LogP contribution in [-0.2, 0) is 10.2 Å². The first-order valence-corrected chi connectivity index (χ1v) is 7.97. The first-order chi connectivity index (χ1) is 9.86. The smallest absolute Gasteiger partial charge is 0.251 e. The third-order valence-corrected chi connectivity index (χ3v) is 4.61. The summed E-state index contributed by atoms with van der Waals surface area (Å²) in [6.07, 6.45) is 1.53. The molecule has 0 unspecified atom stereocenters. The molecule has 1 fully saturated rings. The molecule has 116 valence electrons. The number of alkyl halides is 1. The van der Waals surface area contributed by atoms with Crippen LogP contribution in [0.5, 0.6) is 0 Å². The van der Waals surface area contributed by atoms with Gasteiger partial charge in [-0.2, -0.15) is 0 Å². The predicted molar refractivity (Wildman–Crippen MR) is 86.1 cm³/mol. The largest absolute Gasteiger partial charge is 0.381 e. The maximum absolute atomic E-state index is 12.4. The van der Waals surface area contributed by atoms with Crippen molar-refractivity contribution in [2.24, 2.45) is 0 Å². The van der Waals surface area contributed by atoms with Gasteiger partial charge in [0.05, 0.1) is 5.54 Å². The minimum atomic E-state index is -0.334. The second kappa shape index (κ2) is 6.37. The van der Waals surface area contributed by atoms with Crippen LogP contribution in [0.1, 0.15) is 49.5 Å². The number of halogens is 1. The lowest BCUT2D eigenvalue weighted by Crippen LogP contribution is -2.53. The van der Waals surface area contributed by atoms with Crippen molar-refractivity contribution in [2.45, 2.75) is 44.6 Å². The highest BCUT2D eigenvalue weighted by Crippen LogP contribution is 2.24. The molecular formula is C17H24ClNO2. The number of hydrogen-bond acceptors (Lipinski definition) is 2. The third-order valence-electron chi connectivity index (χ3n) is 4.10. The molecule has 0 bridgehead atoms. The molecule has 0 aliphatic carbocycles. The van der Waals surface area contributed by atoms with Gasteiger partial charge in [0.25, 0.3) is 5.91 Å². The van der Waals surface area contributed by atoms with E-state index < -0.39 is 0 Å². The number of carbonyl (C=O) groups is 1. The van der Waals surface area contributed by atoms with Crippen LogP contribution in [0.3, 0.4) is 0 Å². The Labute approximate surface area is 132 Å². The van der Waals surface area contributed by atoms with Crippen molar-refractivity contribution in [3.8, 4) is 0 Å². The Hall–Kier alpha value is -1.06. The summed E-state index contributed by atoms with van der Waals surface area (Å²) in [5, 5.41) is 3.11. The van der Waals surface area contributed by atoms with Crippen molar-refractivity contribution >= 4 is 17.5 Å². The molecule has 1 amide bonds. The van der Waals surface area contributed by atoms with Gasteiger partial charge in [-0.3, -0.25) is 4.79 Å². The highest BCUT2D eigenvalue weighted by atomic mass is 35.5. The molecule has 1 N–H and O–H groups in total. The topological polar surface area (TPSA) is 38.3 Å². The number of amides is 1. The van der Waals surface area contributed by atoms with Gasteiger partial charge < -0.3 is 10.1 Å². The maximum atomic E-state index is 12.4. The normalized spacial score (nSPS) is 18.3. The van der Waals surface area contributed by atoms with E-state index in [4.69, 9.17) is 16.3 Å². The number of rotatable bonds is 3. The molecule has 1 aliphatic rings. The van der Waals surface area contributed by atoms with Gasteiger partial charge in [0.1, 0.15) is 0 Å². The Balaban J connectivity index is 2.09. The second-order valence-electron chi connectivity index (χ2n) is 6.81. The summed E-state index contributed by atoms with van der Waals surface area (Å²) in [5.74, 6) is 0.361. The number of hydrogen-bond donors (Lipinski definition) is 1. The number of ether oxygens (including phenoxy) is 1. The van der Waals surface area contributed by atoms with Crippen LogP contribution in [0.25, 0.3) is 0 Å². The lowest BCUT2D eigenvalue weighted by molar-refractivity contribution is 0.0434. The van der Waals surface area contributed by atoms with E-state index in [9.17, 15) is 4.79 Å². The molecule has 0 aromatic heterocycles. The van der Waals surface area contributed by atoms with Crippen LogP contribution < -0.4 is 5.32 Å². The quantitative estimate of drug-likeness (QED) is 0.868. The van der Waals surface area contributed by atoms with Gasteiger partial charge in [-0.25, -0.2) is 0 Å². The van der Waals surface area contributed by atoms with Crippen molar-refractivity contribution < 1.29 is 9.53 Å². The summed E-state index contributed by atoms with van der Waals surface area (Å²) in [7, 11) is 0. The molecule has 1 aromatic rings. The van der Waals surface area contributed by atoms with Crippen LogP contribution in [0, 0.1) is 0 Å². The molecule has 1 aromatic carbocycles. The van der Waals surface area contributed by atoms with Crippen molar-refractivity contribution in [3.05, 3.63) is 35.4 Å². The summed E-state index contributed by atoms with van der Waals surface area (Å²) in [6.45, 7) is 7.78. The van der Waals surface area contributed by atoms with Crippen LogP contribution >= 0.6 is 11.6 Å². The van der Waals surface area contributed by atoms with Crippen LogP contribution in [-0.4, -0.2) is 30.5 Å². The van der Waals surface area contributed by atoms with Gasteiger partial charge in [0.2, 0.25) is 0 Å². The van der Waals surface area contributed by atoms with E-state index in [1.807, 2.05) is 24.3 Å². The Kier molecular flexibility index (Phi) is 4.95. The summed E-state index contributed by atoms with van der Waals surface area (Å²) in [5.41, 5.74) is 1.66. The average molecular weight is 310 g/mol. The Morgan fingerprint density at radius 1 is 1.24 bits per heavy atom. The molecule has 1 saturated heterocycles. The lowest BCUT2D eigenvalue weighted by atomic mass is 9.86. The van der Waals surface area contributed by atoms with E-state index >= 15 is 0 Å². The fourth-order valence-electron chi connectivity index (χ4n) is 2.49. The molecular weight excluding hydrogens is 286 g/mol. The molecule has 0 saturated carbocycles.